The Balaban J connectivity index is 1.55. The van der Waals surface area contributed by atoms with Crippen LogP contribution in [0.5, 0.6) is 0 Å². The summed E-state index contributed by atoms with van der Waals surface area (Å²) in [5.74, 6) is -0.0322. The van der Waals surface area contributed by atoms with E-state index in [9.17, 15) is 22.8 Å². The first-order valence-electron chi connectivity index (χ1n) is 8.98. The lowest BCUT2D eigenvalue weighted by Crippen LogP contribution is -2.27. The lowest BCUT2D eigenvalue weighted by Gasteiger charge is -2.13. The van der Waals surface area contributed by atoms with Crippen molar-refractivity contribution in [3.63, 3.8) is 0 Å². The van der Waals surface area contributed by atoms with E-state index in [0.29, 0.717) is 10.6 Å². The molecule has 2 aromatic carbocycles. The van der Waals surface area contributed by atoms with Crippen molar-refractivity contribution in [2.24, 2.45) is 0 Å². The Hall–Kier alpha value is -2.97. The summed E-state index contributed by atoms with van der Waals surface area (Å²) < 4.78 is 44.4. The van der Waals surface area contributed by atoms with Crippen molar-refractivity contribution >= 4 is 40.6 Å². The Morgan fingerprint density at radius 3 is 2.55 bits per heavy atom. The van der Waals surface area contributed by atoms with Gasteiger partial charge in [-0.3, -0.25) is 14.5 Å². The highest BCUT2D eigenvalue weighted by molar-refractivity contribution is 8.18. The number of nitrogens with zero attached hydrogens (tertiary/aromatic N) is 1. The average molecular weight is 464 g/mol. The highest BCUT2D eigenvalue weighted by Gasteiger charge is 2.35. The van der Waals surface area contributed by atoms with E-state index in [0.717, 1.165) is 28.8 Å². The number of thioether (sulfide) groups is 1. The van der Waals surface area contributed by atoms with Gasteiger partial charge in [0.25, 0.3) is 11.1 Å². The molecule has 1 aromatic heterocycles. The lowest BCUT2D eigenvalue weighted by molar-refractivity contribution is -0.137. The average Bonchev–Trinajstić information content (AvgIpc) is 3.29. The lowest BCUT2D eigenvalue weighted by atomic mass is 10.1. The van der Waals surface area contributed by atoms with E-state index in [1.165, 1.54) is 30.3 Å². The van der Waals surface area contributed by atoms with Gasteiger partial charge in [0.05, 0.1) is 17.0 Å². The van der Waals surface area contributed by atoms with Crippen LogP contribution in [0.3, 0.4) is 0 Å². The fourth-order valence-electron chi connectivity index (χ4n) is 3.00. The third-order valence-electron chi connectivity index (χ3n) is 4.53. The van der Waals surface area contributed by atoms with Crippen LogP contribution >= 0.6 is 23.4 Å². The number of hydrogen-bond acceptors (Lipinski definition) is 4. The molecule has 0 N–H and O–H groups in total. The zero-order valence-electron chi connectivity index (χ0n) is 15.7. The third-order valence-corrected chi connectivity index (χ3v) is 5.81. The van der Waals surface area contributed by atoms with Crippen molar-refractivity contribution in [2.75, 3.05) is 0 Å². The van der Waals surface area contributed by atoms with Gasteiger partial charge in [0.15, 0.2) is 0 Å². The Kier molecular flexibility index (Phi) is 5.68. The molecule has 0 bridgehead atoms. The summed E-state index contributed by atoms with van der Waals surface area (Å²) in [6.07, 6.45) is -3.07. The maximum absolute atomic E-state index is 12.9. The van der Waals surface area contributed by atoms with Gasteiger partial charge in [0.2, 0.25) is 0 Å². The van der Waals surface area contributed by atoms with Gasteiger partial charge in [-0.1, -0.05) is 41.9 Å². The van der Waals surface area contributed by atoms with Crippen molar-refractivity contribution in [3.8, 4) is 11.3 Å². The van der Waals surface area contributed by atoms with Crippen LogP contribution in [0.25, 0.3) is 17.4 Å². The Morgan fingerprint density at radius 2 is 1.81 bits per heavy atom. The zero-order chi connectivity index (χ0) is 22.2. The highest BCUT2D eigenvalue weighted by atomic mass is 35.5. The molecule has 1 aliphatic heterocycles. The van der Waals surface area contributed by atoms with Crippen LogP contribution in [0.1, 0.15) is 16.9 Å². The molecule has 4 rings (SSSR count). The van der Waals surface area contributed by atoms with Crippen LogP contribution in [-0.2, 0) is 17.5 Å². The highest BCUT2D eigenvalue weighted by Crippen LogP contribution is 2.36. The minimum atomic E-state index is -4.47. The van der Waals surface area contributed by atoms with Crippen LogP contribution in [0.15, 0.2) is 70.0 Å². The number of carbonyl (C=O) groups is 2. The minimum absolute atomic E-state index is 0.0370. The van der Waals surface area contributed by atoms with Crippen LogP contribution in [0.4, 0.5) is 18.0 Å². The van der Waals surface area contributed by atoms with Crippen LogP contribution in [-0.4, -0.2) is 16.0 Å². The summed E-state index contributed by atoms with van der Waals surface area (Å²) in [5, 5.41) is 0.00289. The first-order chi connectivity index (χ1) is 14.7. The summed E-state index contributed by atoms with van der Waals surface area (Å²) in [4.78, 5) is 26.2. The largest absolute Gasteiger partial charge is 0.457 e. The van der Waals surface area contributed by atoms with Crippen molar-refractivity contribution < 1.29 is 27.2 Å². The van der Waals surface area contributed by atoms with Crippen LogP contribution in [0.2, 0.25) is 5.02 Å². The number of hydrogen-bond donors (Lipinski definition) is 0. The number of furan rings is 1. The first-order valence-corrected chi connectivity index (χ1v) is 10.2. The summed E-state index contributed by atoms with van der Waals surface area (Å²) in [6, 6.07) is 14.7. The summed E-state index contributed by atoms with van der Waals surface area (Å²) in [7, 11) is 0. The van der Waals surface area contributed by atoms with Crippen LogP contribution < -0.4 is 0 Å². The third kappa shape index (κ3) is 4.55. The van der Waals surface area contributed by atoms with Gasteiger partial charge < -0.3 is 4.42 Å². The predicted octanol–water partition coefficient (Wildman–Crippen LogP) is 6.86. The molecule has 0 unspecified atom stereocenters. The predicted molar refractivity (Wildman–Crippen MR) is 112 cm³/mol. The molecular weight excluding hydrogens is 451 g/mol. The van der Waals surface area contributed by atoms with Crippen LogP contribution in [0, 0.1) is 0 Å². The molecule has 9 heteroatoms. The summed E-state index contributed by atoms with van der Waals surface area (Å²) >= 11 is 6.87. The molecule has 158 valence electrons. The van der Waals surface area contributed by atoms with Crippen molar-refractivity contribution in [1.29, 1.82) is 0 Å². The van der Waals surface area contributed by atoms with Crippen molar-refractivity contribution in [3.05, 3.63) is 87.5 Å². The van der Waals surface area contributed by atoms with E-state index >= 15 is 0 Å². The van der Waals surface area contributed by atoms with Crippen molar-refractivity contribution in [1.82, 2.24) is 4.90 Å². The number of benzene rings is 2. The van der Waals surface area contributed by atoms with E-state index in [1.807, 2.05) is 0 Å². The zero-order valence-corrected chi connectivity index (χ0v) is 17.2. The maximum atomic E-state index is 12.9. The molecule has 0 saturated carbocycles. The van der Waals surface area contributed by atoms with Gasteiger partial charge >= 0.3 is 6.18 Å². The summed E-state index contributed by atoms with van der Waals surface area (Å²) in [6.45, 7) is 0.0370. The number of carbonyl (C=O) groups excluding carboxylic acids is 2. The number of rotatable bonds is 4. The molecule has 1 aliphatic rings. The van der Waals surface area contributed by atoms with Gasteiger partial charge in [0, 0.05) is 16.7 Å². The van der Waals surface area contributed by atoms with Gasteiger partial charge in [-0.2, -0.15) is 13.2 Å². The minimum Gasteiger partial charge on any atom is -0.457 e. The van der Waals surface area contributed by atoms with E-state index in [2.05, 4.69) is 0 Å². The van der Waals surface area contributed by atoms with E-state index in [1.54, 1.807) is 24.3 Å². The number of imide groups is 1. The smallest absolute Gasteiger partial charge is 0.416 e. The standard InChI is InChI=1S/C22H13ClF3NO3S/c23-17-7-2-1-4-14(17)12-27-20(28)19(31-21(27)29)11-16-8-9-18(30-16)13-5-3-6-15(10-13)22(24,25)26/h1-11H,12H2/b19-11+. The SMILES string of the molecule is O=C1S/C(=C/c2ccc(-c3cccc(C(F)(F)F)c3)o2)C(=O)N1Cc1ccccc1Cl. The van der Waals surface area contributed by atoms with E-state index in [-0.39, 0.29) is 28.5 Å². The summed E-state index contributed by atoms with van der Waals surface area (Å²) in [5.41, 5.74) is 0.0995. The Morgan fingerprint density at radius 1 is 1.03 bits per heavy atom. The molecule has 3 aromatic rings. The molecule has 2 heterocycles. The molecule has 1 fully saturated rings. The molecule has 0 atom stereocenters. The molecule has 0 radical (unpaired) electrons. The Labute approximate surface area is 184 Å². The topological polar surface area (TPSA) is 50.5 Å². The molecular formula is C22H13ClF3NO3S. The fourth-order valence-corrected chi connectivity index (χ4v) is 4.01. The van der Waals surface area contributed by atoms with E-state index < -0.39 is 22.9 Å². The van der Waals surface area contributed by atoms with Gasteiger partial charge in [-0.05, 0) is 47.7 Å². The van der Waals surface area contributed by atoms with Gasteiger partial charge in [-0.15, -0.1) is 0 Å². The second-order valence-electron chi connectivity index (χ2n) is 6.64. The molecule has 0 spiro atoms. The molecule has 31 heavy (non-hydrogen) atoms. The second-order valence-corrected chi connectivity index (χ2v) is 8.04. The monoisotopic (exact) mass is 463 g/mol. The molecule has 2 amide bonds. The maximum Gasteiger partial charge on any atom is 0.416 e. The normalized spacial score (nSPS) is 15.9. The second kappa shape index (κ2) is 8.28. The van der Waals surface area contributed by atoms with E-state index in [4.69, 9.17) is 16.0 Å². The first kappa shape index (κ1) is 21.3. The quantitative estimate of drug-likeness (QED) is 0.397. The molecule has 0 aliphatic carbocycles. The van der Waals surface area contributed by atoms with Gasteiger partial charge in [0.1, 0.15) is 11.5 Å². The van der Waals surface area contributed by atoms with Gasteiger partial charge in [-0.25, -0.2) is 0 Å². The number of alkyl halides is 3. The Bertz CT molecular complexity index is 1200. The number of amides is 2. The fraction of sp³-hybridized carbons (Fsp3) is 0.0909. The molecule has 4 nitrogen and oxygen atoms in total. The molecule has 1 saturated heterocycles. The van der Waals surface area contributed by atoms with Crippen molar-refractivity contribution in [2.45, 2.75) is 12.7 Å². The number of halogens is 4.